The first-order valence-electron chi connectivity index (χ1n) is 8.55. The molecule has 1 heterocycles. The van der Waals surface area contributed by atoms with Crippen LogP contribution in [0.1, 0.15) is 39.2 Å². The molecule has 1 aliphatic rings. The molecule has 138 valence electrons. The Morgan fingerprint density at radius 2 is 1.68 bits per heavy atom. The standard InChI is InChI=1S/C19H28N2O4/c1-18(2,3)25-17(23)21-13-11-19(12-14-21,16(22)20(4)24-5)15-9-7-6-8-10-15/h6-10H,11-14H2,1-5H3. The van der Waals surface area contributed by atoms with E-state index in [0.29, 0.717) is 25.9 Å². The molecule has 1 aromatic rings. The molecule has 0 spiro atoms. The maximum atomic E-state index is 13.0. The van der Waals surface area contributed by atoms with Crippen LogP contribution in [0.4, 0.5) is 4.79 Å². The predicted molar refractivity (Wildman–Crippen MR) is 94.9 cm³/mol. The van der Waals surface area contributed by atoms with Crippen molar-refractivity contribution in [3.8, 4) is 0 Å². The van der Waals surface area contributed by atoms with Crippen molar-refractivity contribution in [3.63, 3.8) is 0 Å². The fourth-order valence-electron chi connectivity index (χ4n) is 3.16. The van der Waals surface area contributed by atoms with E-state index in [0.717, 1.165) is 5.56 Å². The van der Waals surface area contributed by atoms with Gasteiger partial charge in [-0.25, -0.2) is 9.86 Å². The summed E-state index contributed by atoms with van der Waals surface area (Å²) in [5, 5.41) is 1.27. The van der Waals surface area contributed by atoms with Crippen molar-refractivity contribution in [3.05, 3.63) is 35.9 Å². The minimum absolute atomic E-state index is 0.0926. The number of hydroxylamine groups is 2. The second-order valence-electron chi connectivity index (χ2n) is 7.40. The highest BCUT2D eigenvalue weighted by atomic mass is 16.7. The van der Waals surface area contributed by atoms with Gasteiger partial charge in [0.2, 0.25) is 0 Å². The predicted octanol–water partition coefficient (Wildman–Crippen LogP) is 2.98. The van der Waals surface area contributed by atoms with Gasteiger partial charge in [-0.2, -0.15) is 0 Å². The Morgan fingerprint density at radius 3 is 2.16 bits per heavy atom. The summed E-state index contributed by atoms with van der Waals surface area (Å²) in [5.74, 6) is -0.0926. The van der Waals surface area contributed by atoms with E-state index in [-0.39, 0.29) is 12.0 Å². The quantitative estimate of drug-likeness (QED) is 0.788. The summed E-state index contributed by atoms with van der Waals surface area (Å²) >= 11 is 0. The van der Waals surface area contributed by atoms with Crippen molar-refractivity contribution in [2.24, 2.45) is 0 Å². The molecule has 1 aromatic carbocycles. The van der Waals surface area contributed by atoms with E-state index in [1.165, 1.54) is 12.2 Å². The van der Waals surface area contributed by atoms with Crippen LogP contribution in [-0.4, -0.2) is 54.8 Å². The van der Waals surface area contributed by atoms with Crippen LogP contribution in [0.2, 0.25) is 0 Å². The van der Waals surface area contributed by atoms with E-state index >= 15 is 0 Å². The Balaban J connectivity index is 2.21. The van der Waals surface area contributed by atoms with Gasteiger partial charge in [-0.05, 0) is 39.2 Å². The van der Waals surface area contributed by atoms with Crippen LogP contribution in [0.5, 0.6) is 0 Å². The van der Waals surface area contributed by atoms with Crippen molar-refractivity contribution in [2.75, 3.05) is 27.2 Å². The van der Waals surface area contributed by atoms with Gasteiger partial charge in [0.25, 0.3) is 5.91 Å². The van der Waals surface area contributed by atoms with E-state index < -0.39 is 11.0 Å². The normalized spacial score (nSPS) is 17.1. The Kier molecular flexibility index (Phi) is 5.72. The van der Waals surface area contributed by atoms with Crippen LogP contribution >= 0.6 is 0 Å². The summed E-state index contributed by atoms with van der Waals surface area (Å²) in [6, 6.07) is 9.71. The Bertz CT molecular complexity index is 602. The van der Waals surface area contributed by atoms with Crippen LogP contribution in [0.25, 0.3) is 0 Å². The molecule has 0 radical (unpaired) electrons. The molecular weight excluding hydrogens is 320 g/mol. The lowest BCUT2D eigenvalue weighted by Crippen LogP contribution is -2.53. The lowest BCUT2D eigenvalue weighted by Gasteiger charge is -2.42. The molecule has 0 unspecified atom stereocenters. The molecule has 6 nitrogen and oxygen atoms in total. The van der Waals surface area contributed by atoms with Gasteiger partial charge in [0.15, 0.2) is 0 Å². The number of carbonyl (C=O) groups is 2. The van der Waals surface area contributed by atoms with E-state index in [4.69, 9.17) is 9.57 Å². The Hall–Kier alpha value is -2.08. The molecule has 0 saturated carbocycles. The topological polar surface area (TPSA) is 59.1 Å². The second-order valence-corrected chi connectivity index (χ2v) is 7.40. The smallest absolute Gasteiger partial charge is 0.410 e. The molecule has 0 aromatic heterocycles. The Labute approximate surface area is 149 Å². The van der Waals surface area contributed by atoms with Gasteiger partial charge in [0, 0.05) is 20.1 Å². The van der Waals surface area contributed by atoms with Gasteiger partial charge < -0.3 is 9.64 Å². The van der Waals surface area contributed by atoms with E-state index in [1.54, 1.807) is 11.9 Å². The number of piperidine rings is 1. The summed E-state index contributed by atoms with van der Waals surface area (Å²) < 4.78 is 5.45. The largest absolute Gasteiger partial charge is 0.444 e. The number of hydrogen-bond acceptors (Lipinski definition) is 4. The average Bonchev–Trinajstić information content (AvgIpc) is 2.59. The molecule has 6 heteroatoms. The minimum Gasteiger partial charge on any atom is -0.444 e. The molecule has 0 aliphatic carbocycles. The number of likely N-dealkylation sites (tertiary alicyclic amines) is 1. The molecule has 1 saturated heterocycles. The van der Waals surface area contributed by atoms with Gasteiger partial charge in [-0.15, -0.1) is 0 Å². The maximum Gasteiger partial charge on any atom is 0.410 e. The summed E-state index contributed by atoms with van der Waals surface area (Å²) in [7, 11) is 3.10. The summed E-state index contributed by atoms with van der Waals surface area (Å²) in [6.45, 7) is 6.47. The van der Waals surface area contributed by atoms with Crippen molar-refractivity contribution < 1.29 is 19.2 Å². The van der Waals surface area contributed by atoms with E-state index in [2.05, 4.69) is 0 Å². The van der Waals surface area contributed by atoms with Crippen molar-refractivity contribution in [1.29, 1.82) is 0 Å². The number of benzene rings is 1. The summed E-state index contributed by atoms with van der Waals surface area (Å²) in [6.07, 6.45) is 0.729. The van der Waals surface area contributed by atoms with Crippen LogP contribution in [-0.2, 0) is 19.8 Å². The fourth-order valence-corrected chi connectivity index (χ4v) is 3.16. The average molecular weight is 348 g/mol. The monoisotopic (exact) mass is 348 g/mol. The SMILES string of the molecule is CON(C)C(=O)C1(c2ccccc2)CCN(C(=O)OC(C)(C)C)CC1. The van der Waals surface area contributed by atoms with Crippen LogP contribution < -0.4 is 0 Å². The van der Waals surface area contributed by atoms with Crippen molar-refractivity contribution in [2.45, 2.75) is 44.6 Å². The van der Waals surface area contributed by atoms with Gasteiger partial charge >= 0.3 is 6.09 Å². The van der Waals surface area contributed by atoms with Gasteiger partial charge in [0.05, 0.1) is 12.5 Å². The molecule has 0 atom stereocenters. The lowest BCUT2D eigenvalue weighted by atomic mass is 9.72. The van der Waals surface area contributed by atoms with Gasteiger partial charge in [0.1, 0.15) is 5.60 Å². The molecule has 1 fully saturated rings. The first-order chi connectivity index (χ1) is 11.7. The fraction of sp³-hybridized carbons (Fsp3) is 0.579. The number of carbonyl (C=O) groups excluding carboxylic acids is 2. The second kappa shape index (κ2) is 7.44. The zero-order valence-electron chi connectivity index (χ0n) is 15.7. The number of rotatable bonds is 3. The summed E-state index contributed by atoms with van der Waals surface area (Å²) in [4.78, 5) is 32.1. The first-order valence-corrected chi connectivity index (χ1v) is 8.55. The Morgan fingerprint density at radius 1 is 1.12 bits per heavy atom. The molecule has 0 N–H and O–H groups in total. The van der Waals surface area contributed by atoms with Gasteiger partial charge in [-0.1, -0.05) is 30.3 Å². The van der Waals surface area contributed by atoms with Crippen LogP contribution in [0.3, 0.4) is 0 Å². The van der Waals surface area contributed by atoms with E-state index in [9.17, 15) is 9.59 Å². The summed E-state index contributed by atoms with van der Waals surface area (Å²) in [5.41, 5.74) is -0.269. The van der Waals surface area contributed by atoms with Crippen LogP contribution in [0, 0.1) is 0 Å². The first kappa shape index (κ1) is 19.2. The molecule has 2 amide bonds. The number of amides is 2. The number of hydrogen-bond donors (Lipinski definition) is 0. The van der Waals surface area contributed by atoms with Gasteiger partial charge in [-0.3, -0.25) is 9.63 Å². The maximum absolute atomic E-state index is 13.0. The molecule has 2 rings (SSSR count). The third-order valence-corrected chi connectivity index (χ3v) is 4.56. The van der Waals surface area contributed by atoms with Crippen molar-refractivity contribution >= 4 is 12.0 Å². The lowest BCUT2D eigenvalue weighted by molar-refractivity contribution is -0.177. The molecule has 1 aliphatic heterocycles. The zero-order valence-corrected chi connectivity index (χ0v) is 15.7. The number of nitrogens with zero attached hydrogens (tertiary/aromatic N) is 2. The minimum atomic E-state index is -0.690. The van der Waals surface area contributed by atoms with E-state index in [1.807, 2.05) is 51.1 Å². The van der Waals surface area contributed by atoms with Crippen LogP contribution in [0.15, 0.2) is 30.3 Å². The number of ether oxygens (including phenoxy) is 1. The molecule has 25 heavy (non-hydrogen) atoms. The zero-order chi connectivity index (χ0) is 18.7. The highest BCUT2D eigenvalue weighted by Crippen LogP contribution is 2.37. The third kappa shape index (κ3) is 4.31. The highest BCUT2D eigenvalue weighted by molar-refractivity contribution is 5.88. The third-order valence-electron chi connectivity index (χ3n) is 4.56. The highest BCUT2D eigenvalue weighted by Gasteiger charge is 2.45. The number of likely N-dealkylation sites (N-methyl/N-ethyl adjacent to an activating group) is 1. The molecular formula is C19H28N2O4. The van der Waals surface area contributed by atoms with Crippen molar-refractivity contribution in [1.82, 2.24) is 9.96 Å². The molecule has 0 bridgehead atoms.